The van der Waals surface area contributed by atoms with Crippen LogP contribution in [0, 0.1) is 0 Å². The van der Waals surface area contributed by atoms with Crippen LogP contribution in [0.5, 0.6) is 5.88 Å². The molecule has 0 amide bonds. The van der Waals surface area contributed by atoms with Gasteiger partial charge in [0, 0.05) is 46.1 Å². The highest BCUT2D eigenvalue weighted by molar-refractivity contribution is 5.79. The van der Waals surface area contributed by atoms with Crippen LogP contribution in [0.25, 0.3) is 0 Å². The zero-order valence-corrected chi connectivity index (χ0v) is 15.8. The molecule has 1 aromatic heterocycles. The van der Waals surface area contributed by atoms with Gasteiger partial charge in [-0.05, 0) is 25.3 Å². The van der Waals surface area contributed by atoms with Crippen LogP contribution >= 0.6 is 0 Å². The molecular formula is C19H32N4O2. The number of hydrogen-bond acceptors (Lipinski definition) is 4. The number of pyridine rings is 1. The molecular weight excluding hydrogens is 316 g/mol. The van der Waals surface area contributed by atoms with Crippen molar-refractivity contribution in [1.29, 1.82) is 0 Å². The zero-order valence-electron chi connectivity index (χ0n) is 15.8. The van der Waals surface area contributed by atoms with Crippen molar-refractivity contribution in [2.24, 2.45) is 4.99 Å². The first-order valence-corrected chi connectivity index (χ1v) is 8.81. The number of aromatic nitrogens is 1. The maximum Gasteiger partial charge on any atom is 0.218 e. The van der Waals surface area contributed by atoms with Crippen molar-refractivity contribution >= 4 is 5.96 Å². The molecule has 25 heavy (non-hydrogen) atoms. The Morgan fingerprint density at radius 2 is 2.20 bits per heavy atom. The summed E-state index contributed by atoms with van der Waals surface area (Å²) in [6.45, 7) is 6.37. The Bertz CT molecular complexity index is 520. The fraction of sp³-hybridized carbons (Fsp3) is 0.579. The van der Waals surface area contributed by atoms with Crippen LogP contribution in [0.1, 0.15) is 31.2 Å². The molecule has 6 nitrogen and oxygen atoms in total. The Hall–Kier alpha value is -2.08. The Labute approximate surface area is 152 Å². The van der Waals surface area contributed by atoms with Crippen molar-refractivity contribution in [3.8, 4) is 5.88 Å². The van der Waals surface area contributed by atoms with Gasteiger partial charge >= 0.3 is 0 Å². The monoisotopic (exact) mass is 348 g/mol. The lowest BCUT2D eigenvalue weighted by atomic mass is 10.2. The first-order chi connectivity index (χ1) is 12.2. The van der Waals surface area contributed by atoms with Crippen LogP contribution in [0.3, 0.4) is 0 Å². The predicted octanol–water partition coefficient (Wildman–Crippen LogP) is 2.86. The van der Waals surface area contributed by atoms with Crippen molar-refractivity contribution in [1.82, 2.24) is 15.2 Å². The van der Waals surface area contributed by atoms with Gasteiger partial charge in [-0.1, -0.05) is 18.6 Å². The Morgan fingerprint density at radius 1 is 1.36 bits per heavy atom. The normalized spacial score (nSPS) is 11.2. The maximum absolute atomic E-state index is 5.67. The summed E-state index contributed by atoms with van der Waals surface area (Å²) >= 11 is 0. The van der Waals surface area contributed by atoms with Gasteiger partial charge in [-0.15, -0.1) is 6.58 Å². The molecule has 0 aliphatic heterocycles. The fourth-order valence-corrected chi connectivity index (χ4v) is 2.39. The van der Waals surface area contributed by atoms with Crippen LogP contribution in [-0.4, -0.2) is 56.8 Å². The highest BCUT2D eigenvalue weighted by Gasteiger charge is 2.09. The summed E-state index contributed by atoms with van der Waals surface area (Å²) in [7, 11) is 5.51. The van der Waals surface area contributed by atoms with E-state index in [1.807, 2.05) is 18.2 Å². The van der Waals surface area contributed by atoms with Gasteiger partial charge in [-0.3, -0.25) is 4.99 Å². The van der Waals surface area contributed by atoms with E-state index in [9.17, 15) is 0 Å². The van der Waals surface area contributed by atoms with E-state index in [1.165, 1.54) is 12.8 Å². The number of unbranched alkanes of at least 4 members (excludes halogenated alkanes) is 3. The minimum atomic E-state index is 0.486. The molecule has 140 valence electrons. The summed E-state index contributed by atoms with van der Waals surface area (Å²) in [6.07, 6.45) is 8.34. The molecule has 0 saturated carbocycles. The van der Waals surface area contributed by atoms with Gasteiger partial charge in [-0.25, -0.2) is 4.98 Å². The van der Waals surface area contributed by atoms with Gasteiger partial charge in [0.1, 0.15) is 6.61 Å². The second-order valence-corrected chi connectivity index (χ2v) is 5.77. The average Bonchev–Trinajstić information content (AvgIpc) is 2.63. The quantitative estimate of drug-likeness (QED) is 0.272. The lowest BCUT2D eigenvalue weighted by Gasteiger charge is -2.22. The van der Waals surface area contributed by atoms with Gasteiger partial charge in [0.2, 0.25) is 5.88 Å². The molecule has 1 aromatic rings. The first-order valence-electron chi connectivity index (χ1n) is 8.81. The molecule has 1 rings (SSSR count). The van der Waals surface area contributed by atoms with E-state index in [-0.39, 0.29) is 0 Å². The lowest BCUT2D eigenvalue weighted by Crippen LogP contribution is -2.39. The molecule has 0 bridgehead atoms. The summed E-state index contributed by atoms with van der Waals surface area (Å²) in [5.74, 6) is 1.50. The molecule has 0 spiro atoms. The van der Waals surface area contributed by atoms with E-state index in [1.54, 1.807) is 20.4 Å². The SMILES string of the molecule is C=CCCCCCN(C)C(=NC)NCc1cccnc1OCCOC. The van der Waals surface area contributed by atoms with Crippen molar-refractivity contribution < 1.29 is 9.47 Å². The minimum Gasteiger partial charge on any atom is -0.475 e. The average molecular weight is 348 g/mol. The van der Waals surface area contributed by atoms with Crippen molar-refractivity contribution in [2.75, 3.05) is 41.0 Å². The Balaban J connectivity index is 2.47. The van der Waals surface area contributed by atoms with Crippen molar-refractivity contribution in [3.05, 3.63) is 36.5 Å². The molecule has 0 radical (unpaired) electrons. The smallest absolute Gasteiger partial charge is 0.218 e. The van der Waals surface area contributed by atoms with E-state index in [2.05, 4.69) is 33.8 Å². The Morgan fingerprint density at radius 3 is 2.92 bits per heavy atom. The second-order valence-electron chi connectivity index (χ2n) is 5.77. The summed E-state index contributed by atoms with van der Waals surface area (Å²) in [5.41, 5.74) is 0.999. The van der Waals surface area contributed by atoms with Crippen LogP contribution in [0.2, 0.25) is 0 Å². The standard InChI is InChI=1S/C19H32N4O2/c1-5-6-7-8-9-13-23(3)19(20-2)22-16-17-11-10-12-21-18(17)25-15-14-24-4/h5,10-12H,1,6-9,13-16H2,2-4H3,(H,20,22). The van der Waals surface area contributed by atoms with Crippen molar-refractivity contribution in [3.63, 3.8) is 0 Å². The van der Waals surface area contributed by atoms with E-state index < -0.39 is 0 Å². The molecule has 0 unspecified atom stereocenters. The summed E-state index contributed by atoms with van der Waals surface area (Å²) in [6, 6.07) is 3.91. The van der Waals surface area contributed by atoms with E-state index in [0.717, 1.165) is 30.9 Å². The molecule has 0 aliphatic rings. The van der Waals surface area contributed by atoms with Gasteiger partial charge in [-0.2, -0.15) is 0 Å². The fourth-order valence-electron chi connectivity index (χ4n) is 2.39. The maximum atomic E-state index is 5.67. The third-order valence-corrected chi connectivity index (χ3v) is 3.79. The van der Waals surface area contributed by atoms with Gasteiger partial charge in [0.15, 0.2) is 5.96 Å². The van der Waals surface area contributed by atoms with E-state index in [4.69, 9.17) is 9.47 Å². The van der Waals surface area contributed by atoms with Crippen molar-refractivity contribution in [2.45, 2.75) is 32.2 Å². The number of hydrogen-bond donors (Lipinski definition) is 1. The third kappa shape index (κ3) is 8.54. The number of nitrogens with zero attached hydrogens (tertiary/aromatic N) is 3. The molecule has 6 heteroatoms. The lowest BCUT2D eigenvalue weighted by molar-refractivity contribution is 0.143. The van der Waals surface area contributed by atoms with Gasteiger partial charge in [0.05, 0.1) is 6.61 Å². The van der Waals surface area contributed by atoms with E-state index >= 15 is 0 Å². The first kappa shape index (κ1) is 21.0. The number of methoxy groups -OCH3 is 1. The number of rotatable bonds is 12. The molecule has 1 heterocycles. The number of aliphatic imine (C=N–C) groups is 1. The van der Waals surface area contributed by atoms with Crippen LogP contribution in [0.4, 0.5) is 0 Å². The molecule has 0 atom stereocenters. The van der Waals surface area contributed by atoms with Gasteiger partial charge < -0.3 is 19.7 Å². The predicted molar refractivity (Wildman–Crippen MR) is 103 cm³/mol. The van der Waals surface area contributed by atoms with Crippen LogP contribution in [-0.2, 0) is 11.3 Å². The number of ether oxygens (including phenoxy) is 2. The molecule has 1 N–H and O–H groups in total. The molecule has 0 aliphatic carbocycles. The topological polar surface area (TPSA) is 59.0 Å². The molecule has 0 fully saturated rings. The molecule has 0 saturated heterocycles. The van der Waals surface area contributed by atoms with Gasteiger partial charge in [0.25, 0.3) is 0 Å². The number of guanidine groups is 1. The van der Waals surface area contributed by atoms with Crippen LogP contribution < -0.4 is 10.1 Å². The third-order valence-electron chi connectivity index (χ3n) is 3.79. The zero-order chi connectivity index (χ0) is 18.3. The summed E-state index contributed by atoms with van der Waals surface area (Å²) in [5, 5.41) is 3.38. The number of nitrogens with one attached hydrogen (secondary N) is 1. The second kappa shape index (κ2) is 13.2. The Kier molecular flexibility index (Phi) is 11.1. The highest BCUT2D eigenvalue weighted by Crippen LogP contribution is 2.14. The minimum absolute atomic E-state index is 0.486. The van der Waals surface area contributed by atoms with Crippen LogP contribution in [0.15, 0.2) is 36.0 Å². The largest absolute Gasteiger partial charge is 0.475 e. The molecule has 0 aromatic carbocycles. The number of allylic oxidation sites excluding steroid dienone is 1. The van der Waals surface area contributed by atoms with E-state index in [0.29, 0.717) is 25.6 Å². The summed E-state index contributed by atoms with van der Waals surface area (Å²) in [4.78, 5) is 10.8. The highest BCUT2D eigenvalue weighted by atomic mass is 16.5. The summed E-state index contributed by atoms with van der Waals surface area (Å²) < 4.78 is 10.7.